The third-order valence-electron chi connectivity index (χ3n) is 4.07. The van der Waals surface area contributed by atoms with Gasteiger partial charge in [0.25, 0.3) is 0 Å². The molecule has 1 spiro atoms. The van der Waals surface area contributed by atoms with Crippen LogP contribution in [0, 0.1) is 0 Å². The zero-order valence-electron chi connectivity index (χ0n) is 12.5. The molecule has 1 aliphatic carbocycles. The molecule has 0 N–H and O–H groups in total. The third-order valence-corrected chi connectivity index (χ3v) is 4.07. The average Bonchev–Trinajstić information content (AvgIpc) is 2.81. The van der Waals surface area contributed by atoms with Crippen molar-refractivity contribution in [3.05, 3.63) is 65.8 Å². The van der Waals surface area contributed by atoms with Crippen LogP contribution < -0.4 is 0 Å². The van der Waals surface area contributed by atoms with E-state index in [4.69, 9.17) is 4.74 Å². The van der Waals surface area contributed by atoms with Crippen LogP contribution in [-0.2, 0) is 14.3 Å². The van der Waals surface area contributed by atoms with E-state index < -0.39 is 5.60 Å². The van der Waals surface area contributed by atoms with Crippen molar-refractivity contribution in [2.75, 3.05) is 0 Å². The van der Waals surface area contributed by atoms with Gasteiger partial charge in [-0.15, -0.1) is 0 Å². The summed E-state index contributed by atoms with van der Waals surface area (Å²) in [5.41, 5.74) is 1.57. The summed E-state index contributed by atoms with van der Waals surface area (Å²) in [5.74, 6) is -0.398. The topological polar surface area (TPSA) is 43.4 Å². The smallest absolute Gasteiger partial charge is 0.340 e. The molecule has 1 heterocycles. The summed E-state index contributed by atoms with van der Waals surface area (Å²) in [6, 6.07) is 9.58. The van der Waals surface area contributed by atoms with E-state index in [1.165, 1.54) is 12.2 Å². The van der Waals surface area contributed by atoms with Gasteiger partial charge in [-0.1, -0.05) is 43.7 Å². The lowest BCUT2D eigenvalue weighted by Gasteiger charge is -2.26. The fourth-order valence-electron chi connectivity index (χ4n) is 2.95. The van der Waals surface area contributed by atoms with Crippen molar-refractivity contribution in [2.45, 2.75) is 31.8 Å². The Labute approximate surface area is 130 Å². The number of esters is 1. The van der Waals surface area contributed by atoms with E-state index in [2.05, 4.69) is 6.92 Å². The van der Waals surface area contributed by atoms with Crippen molar-refractivity contribution in [1.82, 2.24) is 0 Å². The van der Waals surface area contributed by atoms with Gasteiger partial charge in [0.05, 0.1) is 5.57 Å². The molecular formula is C19H18O3. The summed E-state index contributed by atoms with van der Waals surface area (Å²) >= 11 is 0. The molecule has 2 aliphatic rings. The lowest BCUT2D eigenvalue weighted by Crippen LogP contribution is -2.29. The van der Waals surface area contributed by atoms with Crippen LogP contribution in [-0.4, -0.2) is 17.4 Å². The molecule has 0 unspecified atom stereocenters. The van der Waals surface area contributed by atoms with Gasteiger partial charge in [0.2, 0.25) is 0 Å². The van der Waals surface area contributed by atoms with Gasteiger partial charge in [-0.25, -0.2) is 4.79 Å². The molecule has 0 amide bonds. The van der Waals surface area contributed by atoms with Crippen LogP contribution in [0.1, 0.15) is 31.7 Å². The van der Waals surface area contributed by atoms with Crippen LogP contribution in [0.15, 0.2) is 60.2 Å². The maximum atomic E-state index is 12.5. The molecule has 0 saturated carbocycles. The quantitative estimate of drug-likeness (QED) is 0.797. The first-order valence-electron chi connectivity index (χ1n) is 7.61. The number of ether oxygens (including phenoxy) is 1. The number of rotatable bonds is 4. The molecule has 0 aromatic heterocycles. The summed E-state index contributed by atoms with van der Waals surface area (Å²) in [4.78, 5) is 23.9. The van der Waals surface area contributed by atoms with Gasteiger partial charge >= 0.3 is 5.97 Å². The lowest BCUT2D eigenvalue weighted by molar-refractivity contribution is -0.139. The van der Waals surface area contributed by atoms with Gasteiger partial charge in [0, 0.05) is 0 Å². The van der Waals surface area contributed by atoms with Gasteiger partial charge in [-0.05, 0) is 48.3 Å². The highest BCUT2D eigenvalue weighted by molar-refractivity contribution is 6.21. The van der Waals surface area contributed by atoms with E-state index in [0.717, 1.165) is 30.4 Å². The molecule has 0 radical (unpaired) electrons. The second-order valence-corrected chi connectivity index (χ2v) is 5.57. The van der Waals surface area contributed by atoms with Gasteiger partial charge in [-0.2, -0.15) is 0 Å². The van der Waals surface area contributed by atoms with E-state index in [-0.39, 0.29) is 11.8 Å². The van der Waals surface area contributed by atoms with E-state index in [1.807, 2.05) is 30.3 Å². The molecule has 22 heavy (non-hydrogen) atoms. The molecule has 0 saturated heterocycles. The van der Waals surface area contributed by atoms with Crippen molar-refractivity contribution >= 4 is 17.3 Å². The Kier molecular flexibility index (Phi) is 3.80. The van der Waals surface area contributed by atoms with Crippen LogP contribution >= 0.6 is 0 Å². The van der Waals surface area contributed by atoms with Gasteiger partial charge in [0.1, 0.15) is 0 Å². The summed E-state index contributed by atoms with van der Waals surface area (Å²) < 4.78 is 5.68. The van der Waals surface area contributed by atoms with E-state index in [0.29, 0.717) is 5.57 Å². The van der Waals surface area contributed by atoms with Crippen LogP contribution in [0.2, 0.25) is 0 Å². The van der Waals surface area contributed by atoms with Crippen LogP contribution in [0.5, 0.6) is 0 Å². The second kappa shape index (κ2) is 5.76. The summed E-state index contributed by atoms with van der Waals surface area (Å²) in [6.45, 7) is 2.11. The van der Waals surface area contributed by atoms with Gasteiger partial charge < -0.3 is 4.74 Å². The normalized spacial score (nSPS) is 19.1. The highest BCUT2D eigenvalue weighted by Gasteiger charge is 2.44. The van der Waals surface area contributed by atoms with Crippen molar-refractivity contribution in [1.29, 1.82) is 0 Å². The number of unbranched alkanes of at least 4 members (excludes halogenated alkanes) is 1. The molecule has 3 rings (SSSR count). The van der Waals surface area contributed by atoms with Crippen molar-refractivity contribution in [3.8, 4) is 0 Å². The molecule has 1 aliphatic heterocycles. The molecular weight excluding hydrogens is 276 g/mol. The minimum absolute atomic E-state index is 0.0790. The first-order chi connectivity index (χ1) is 10.7. The minimum Gasteiger partial charge on any atom is -0.442 e. The Morgan fingerprint density at radius 2 is 1.73 bits per heavy atom. The molecule has 0 atom stereocenters. The number of carbonyl (C=O) groups is 2. The van der Waals surface area contributed by atoms with Crippen molar-refractivity contribution < 1.29 is 14.3 Å². The molecule has 1 aromatic rings. The number of hydrogen-bond acceptors (Lipinski definition) is 3. The number of benzene rings is 1. The number of ketones is 1. The van der Waals surface area contributed by atoms with Crippen LogP contribution in [0.3, 0.4) is 0 Å². The maximum Gasteiger partial charge on any atom is 0.340 e. The average molecular weight is 294 g/mol. The Hall–Kier alpha value is -2.42. The Bertz CT molecular complexity index is 677. The molecule has 3 nitrogen and oxygen atoms in total. The van der Waals surface area contributed by atoms with Gasteiger partial charge in [-0.3, -0.25) is 4.79 Å². The number of allylic oxidation sites excluding steroid dienone is 2. The summed E-state index contributed by atoms with van der Waals surface area (Å²) in [5, 5.41) is 0. The Morgan fingerprint density at radius 1 is 1.05 bits per heavy atom. The predicted molar refractivity (Wildman–Crippen MR) is 85.0 cm³/mol. The monoisotopic (exact) mass is 294 g/mol. The van der Waals surface area contributed by atoms with E-state index >= 15 is 0 Å². The molecule has 0 bridgehead atoms. The van der Waals surface area contributed by atoms with E-state index in [9.17, 15) is 9.59 Å². The molecule has 0 fully saturated rings. The lowest BCUT2D eigenvalue weighted by atomic mass is 9.83. The van der Waals surface area contributed by atoms with Crippen molar-refractivity contribution in [3.63, 3.8) is 0 Å². The second-order valence-electron chi connectivity index (χ2n) is 5.57. The Morgan fingerprint density at radius 3 is 2.36 bits per heavy atom. The van der Waals surface area contributed by atoms with Gasteiger partial charge in [0.15, 0.2) is 11.4 Å². The molecule has 112 valence electrons. The third kappa shape index (κ3) is 2.43. The first-order valence-corrected chi connectivity index (χ1v) is 7.61. The SMILES string of the molecule is CCCCC1=C(c2ccccc2)C(=O)OC12C=CC(=O)C=C2. The molecule has 1 aromatic carbocycles. The Balaban J connectivity index is 2.12. The fraction of sp³-hybridized carbons (Fsp3) is 0.263. The highest BCUT2D eigenvalue weighted by atomic mass is 16.6. The van der Waals surface area contributed by atoms with Crippen molar-refractivity contribution in [2.24, 2.45) is 0 Å². The summed E-state index contributed by atoms with van der Waals surface area (Å²) in [7, 11) is 0. The van der Waals surface area contributed by atoms with Crippen LogP contribution in [0.25, 0.3) is 5.57 Å². The minimum atomic E-state index is -0.884. The zero-order valence-corrected chi connectivity index (χ0v) is 12.5. The highest BCUT2D eigenvalue weighted by Crippen LogP contribution is 2.43. The maximum absolute atomic E-state index is 12.5. The van der Waals surface area contributed by atoms with Crippen LogP contribution in [0.4, 0.5) is 0 Å². The van der Waals surface area contributed by atoms with E-state index in [1.54, 1.807) is 12.2 Å². The zero-order chi connectivity index (χ0) is 15.6. The summed E-state index contributed by atoms with van der Waals surface area (Å²) in [6.07, 6.45) is 9.14. The number of hydrogen-bond donors (Lipinski definition) is 0. The first kappa shape index (κ1) is 14.5. The standard InChI is InChI=1S/C19H18O3/c1-2-3-9-16-17(14-7-5-4-6-8-14)18(21)22-19(16)12-10-15(20)11-13-19/h4-8,10-13H,2-3,9H2,1H3. The predicted octanol–water partition coefficient (Wildman–Crippen LogP) is 3.62. The molecule has 3 heteroatoms. The number of carbonyl (C=O) groups excluding carboxylic acids is 2. The fourth-order valence-corrected chi connectivity index (χ4v) is 2.95. The largest absolute Gasteiger partial charge is 0.442 e.